The highest BCUT2D eigenvalue weighted by Gasteiger charge is 2.48. The summed E-state index contributed by atoms with van der Waals surface area (Å²) < 4.78 is 82.3. The van der Waals surface area contributed by atoms with Crippen LogP contribution >= 0.6 is 0 Å². The number of benzene rings is 1. The van der Waals surface area contributed by atoms with Crippen LogP contribution in [-0.2, 0) is 16.6 Å². The van der Waals surface area contributed by atoms with Crippen molar-refractivity contribution in [3.05, 3.63) is 23.3 Å². The minimum Gasteiger partial charge on any atom is -0.386 e. The minimum atomic E-state index is -4.79. The Kier molecular flexibility index (Phi) is 5.81. The third kappa shape index (κ3) is 4.57. The van der Waals surface area contributed by atoms with Crippen LogP contribution in [0.25, 0.3) is 11.0 Å². The van der Waals surface area contributed by atoms with Crippen LogP contribution in [0.4, 0.5) is 32.3 Å². The molecule has 0 saturated heterocycles. The highest BCUT2D eigenvalue weighted by molar-refractivity contribution is 5.93. The van der Waals surface area contributed by atoms with E-state index >= 15 is 0 Å². The van der Waals surface area contributed by atoms with Crippen LogP contribution in [0.15, 0.2) is 12.1 Å². The van der Waals surface area contributed by atoms with E-state index < -0.39 is 46.8 Å². The van der Waals surface area contributed by atoms with Crippen molar-refractivity contribution < 1.29 is 36.2 Å². The Morgan fingerprint density at radius 1 is 1.12 bits per heavy atom. The zero-order chi connectivity index (χ0) is 24.3. The summed E-state index contributed by atoms with van der Waals surface area (Å²) in [4.78, 5) is 16.4. The van der Waals surface area contributed by atoms with Crippen molar-refractivity contribution in [2.75, 3.05) is 5.32 Å². The molecule has 0 spiro atoms. The molecule has 1 aliphatic carbocycles. The van der Waals surface area contributed by atoms with Crippen molar-refractivity contribution in [3.8, 4) is 0 Å². The number of alkyl halides is 6. The first-order chi connectivity index (χ1) is 14.4. The lowest BCUT2D eigenvalue weighted by atomic mass is 9.88. The monoisotopic (exact) mass is 465 g/mol. The maximum atomic E-state index is 13.8. The fraction of sp³-hybridized carbons (Fsp3) is 0.619. The highest BCUT2D eigenvalue weighted by atomic mass is 19.4. The van der Waals surface area contributed by atoms with Gasteiger partial charge in [-0.05, 0) is 50.8 Å². The average molecular weight is 465 g/mol. The largest absolute Gasteiger partial charge is 0.418 e. The van der Waals surface area contributed by atoms with E-state index in [1.807, 2.05) is 0 Å². The summed E-state index contributed by atoms with van der Waals surface area (Å²) in [6, 6.07) is 1.92. The lowest BCUT2D eigenvalue weighted by Crippen LogP contribution is -2.36. The molecule has 0 bridgehead atoms. The van der Waals surface area contributed by atoms with Crippen LogP contribution in [0.1, 0.15) is 70.5 Å². The predicted molar refractivity (Wildman–Crippen MR) is 106 cm³/mol. The van der Waals surface area contributed by atoms with E-state index in [0.717, 1.165) is 26.3 Å². The highest BCUT2D eigenvalue weighted by Crippen LogP contribution is 2.44. The predicted octanol–water partition coefficient (Wildman–Crippen LogP) is 5.92. The number of hydrogen-bond acceptors (Lipinski definition) is 3. The molecule has 0 atom stereocenters. The maximum Gasteiger partial charge on any atom is 0.418 e. The van der Waals surface area contributed by atoms with E-state index in [1.165, 1.54) is 24.5 Å². The summed E-state index contributed by atoms with van der Waals surface area (Å²) >= 11 is 0. The molecule has 1 aromatic carbocycles. The van der Waals surface area contributed by atoms with Gasteiger partial charge in [0.05, 0.1) is 22.1 Å². The van der Waals surface area contributed by atoms with Crippen LogP contribution in [0.2, 0.25) is 0 Å². The molecule has 1 aromatic heterocycles. The topological polar surface area (TPSA) is 67.2 Å². The fourth-order valence-electron chi connectivity index (χ4n) is 3.54. The number of nitrogens with zero attached hydrogens (tertiary/aromatic N) is 2. The van der Waals surface area contributed by atoms with E-state index in [4.69, 9.17) is 0 Å². The number of rotatable bonds is 5. The SMILES string of the molecule is CC(C)(O)c1cc(C(F)(F)F)c2nc(NC(=O)CC(C)(C)C(F)(F)F)n(C3CCC3)c2c1. The van der Waals surface area contributed by atoms with Gasteiger partial charge in [-0.3, -0.25) is 10.1 Å². The number of aromatic nitrogens is 2. The minimum absolute atomic E-state index is 0.00822. The van der Waals surface area contributed by atoms with Gasteiger partial charge in [0.2, 0.25) is 11.9 Å². The molecule has 178 valence electrons. The Morgan fingerprint density at radius 2 is 1.72 bits per heavy atom. The number of amides is 1. The molecule has 2 N–H and O–H groups in total. The van der Waals surface area contributed by atoms with Crippen LogP contribution in [0.3, 0.4) is 0 Å². The van der Waals surface area contributed by atoms with Gasteiger partial charge >= 0.3 is 12.4 Å². The summed E-state index contributed by atoms with van der Waals surface area (Å²) in [5.74, 6) is -1.23. The van der Waals surface area contributed by atoms with Gasteiger partial charge in [-0.25, -0.2) is 4.98 Å². The van der Waals surface area contributed by atoms with Gasteiger partial charge in [0.1, 0.15) is 5.52 Å². The van der Waals surface area contributed by atoms with Crippen LogP contribution in [0, 0.1) is 5.41 Å². The standard InChI is InChI=1S/C21H25F6N3O2/c1-18(2,21(25,26)27)10-15(31)28-17-29-16-13(20(22,23)24)8-11(19(3,4)32)9-14(16)30(17)12-6-5-7-12/h8-9,12,32H,5-7,10H2,1-4H3,(H,28,29,31). The molecule has 1 amide bonds. The van der Waals surface area contributed by atoms with Crippen molar-refractivity contribution in [2.45, 2.75) is 77.4 Å². The average Bonchev–Trinajstić information content (AvgIpc) is 2.87. The molecule has 5 nitrogen and oxygen atoms in total. The first kappa shape index (κ1) is 24.3. The number of aliphatic hydroxyl groups is 1. The third-order valence-corrected chi connectivity index (χ3v) is 5.87. The number of carbonyl (C=O) groups is 1. The van der Waals surface area contributed by atoms with Gasteiger partial charge < -0.3 is 9.67 Å². The van der Waals surface area contributed by atoms with Gasteiger partial charge in [-0.2, -0.15) is 26.3 Å². The smallest absolute Gasteiger partial charge is 0.386 e. The molecule has 1 heterocycles. The summed E-state index contributed by atoms with van der Waals surface area (Å²) in [7, 11) is 0. The van der Waals surface area contributed by atoms with E-state index in [2.05, 4.69) is 10.3 Å². The van der Waals surface area contributed by atoms with Crippen molar-refractivity contribution in [1.82, 2.24) is 9.55 Å². The molecular formula is C21H25F6N3O2. The molecule has 32 heavy (non-hydrogen) atoms. The summed E-state index contributed by atoms with van der Waals surface area (Å²) in [5, 5.41) is 12.6. The zero-order valence-electron chi connectivity index (χ0n) is 18.1. The molecule has 1 saturated carbocycles. The van der Waals surface area contributed by atoms with Crippen molar-refractivity contribution in [3.63, 3.8) is 0 Å². The summed E-state index contributed by atoms with van der Waals surface area (Å²) in [6.45, 7) is 4.44. The number of hydrogen-bond donors (Lipinski definition) is 2. The second kappa shape index (κ2) is 7.64. The van der Waals surface area contributed by atoms with E-state index in [0.29, 0.717) is 12.8 Å². The van der Waals surface area contributed by atoms with Gasteiger partial charge in [0.15, 0.2) is 0 Å². The number of fused-ring (bicyclic) bond motifs is 1. The van der Waals surface area contributed by atoms with Crippen molar-refractivity contribution >= 4 is 22.9 Å². The number of nitrogens with one attached hydrogen (secondary N) is 1. The number of imidazole rings is 1. The Hall–Kier alpha value is -2.30. The Balaban J connectivity index is 2.14. The van der Waals surface area contributed by atoms with Crippen LogP contribution in [0.5, 0.6) is 0 Å². The lowest BCUT2D eigenvalue weighted by Gasteiger charge is -2.30. The normalized spacial score (nSPS) is 16.3. The van der Waals surface area contributed by atoms with E-state index in [-0.39, 0.29) is 23.1 Å². The van der Waals surface area contributed by atoms with E-state index in [1.54, 1.807) is 0 Å². The molecule has 2 aromatic rings. The summed E-state index contributed by atoms with van der Waals surface area (Å²) in [6.07, 6.45) is -8.28. The quantitative estimate of drug-likeness (QED) is 0.539. The van der Waals surface area contributed by atoms with Crippen LogP contribution < -0.4 is 5.32 Å². The van der Waals surface area contributed by atoms with Gasteiger partial charge in [0, 0.05) is 12.5 Å². The van der Waals surface area contributed by atoms with Crippen molar-refractivity contribution in [2.24, 2.45) is 5.41 Å². The number of anilines is 1. The Bertz CT molecular complexity index is 1030. The molecule has 1 aliphatic rings. The molecular weight excluding hydrogens is 440 g/mol. The Morgan fingerprint density at radius 3 is 2.16 bits per heavy atom. The molecule has 3 rings (SSSR count). The number of carbonyl (C=O) groups excluding carboxylic acids is 1. The van der Waals surface area contributed by atoms with Gasteiger partial charge in [0.25, 0.3) is 0 Å². The first-order valence-electron chi connectivity index (χ1n) is 10.1. The van der Waals surface area contributed by atoms with Gasteiger partial charge in [-0.15, -0.1) is 0 Å². The van der Waals surface area contributed by atoms with Gasteiger partial charge in [-0.1, -0.05) is 13.8 Å². The molecule has 11 heteroatoms. The second-order valence-electron chi connectivity index (χ2n) is 9.45. The second-order valence-corrected chi connectivity index (χ2v) is 9.45. The fourth-order valence-corrected chi connectivity index (χ4v) is 3.54. The number of halogens is 6. The Labute approximate surface area is 180 Å². The zero-order valence-corrected chi connectivity index (χ0v) is 18.1. The first-order valence-corrected chi connectivity index (χ1v) is 10.1. The summed E-state index contributed by atoms with van der Waals surface area (Å²) in [5.41, 5.74) is -5.35. The maximum absolute atomic E-state index is 13.8. The van der Waals surface area contributed by atoms with Crippen LogP contribution in [-0.4, -0.2) is 26.7 Å². The lowest BCUT2D eigenvalue weighted by molar-refractivity contribution is -0.213. The van der Waals surface area contributed by atoms with Crippen molar-refractivity contribution in [1.29, 1.82) is 0 Å². The van der Waals surface area contributed by atoms with E-state index in [9.17, 15) is 36.2 Å². The molecule has 1 fully saturated rings. The third-order valence-electron chi connectivity index (χ3n) is 5.87. The molecule has 0 unspecified atom stereocenters. The molecule has 0 aliphatic heterocycles. The molecule has 0 radical (unpaired) electrons.